The van der Waals surface area contributed by atoms with Crippen LogP contribution in [0, 0.1) is 17.3 Å². The molecule has 1 saturated heterocycles. The number of carbonyl (C=O) groups is 1. The first kappa shape index (κ1) is 17.1. The molecule has 1 amide bonds. The fourth-order valence-electron chi connectivity index (χ4n) is 6.26. The van der Waals surface area contributed by atoms with Gasteiger partial charge in [-0.25, -0.2) is 0 Å². The predicted molar refractivity (Wildman–Crippen MR) is 107 cm³/mol. The molecular formula is C21H27BrN2O2. The zero-order chi connectivity index (χ0) is 17.8. The van der Waals surface area contributed by atoms with E-state index in [-0.39, 0.29) is 15.6 Å². The van der Waals surface area contributed by atoms with E-state index < -0.39 is 0 Å². The van der Waals surface area contributed by atoms with Crippen molar-refractivity contribution in [3.63, 3.8) is 0 Å². The van der Waals surface area contributed by atoms with Gasteiger partial charge in [0.1, 0.15) is 0 Å². The maximum Gasteiger partial charge on any atom is 0.230 e. The van der Waals surface area contributed by atoms with Gasteiger partial charge in [0.05, 0.1) is 18.6 Å². The molecule has 1 aromatic rings. The second kappa shape index (κ2) is 6.23. The fraction of sp³-hybridized carbons (Fsp3) is 0.667. The standard InChI is InChI=1S/C21H27BrN2O2/c22-21-12-15-9-16(13-21)11-20(10-15,14-21)19(25)23-17-1-3-18(4-2-17)24-5-7-26-8-6-24/h1-4,15-16H,5-14H2,(H,23,25). The molecule has 1 aliphatic heterocycles. The van der Waals surface area contributed by atoms with Crippen LogP contribution in [-0.2, 0) is 9.53 Å². The molecule has 140 valence electrons. The highest BCUT2D eigenvalue weighted by molar-refractivity contribution is 9.10. The van der Waals surface area contributed by atoms with E-state index in [2.05, 4.69) is 38.3 Å². The summed E-state index contributed by atoms with van der Waals surface area (Å²) in [5.41, 5.74) is 1.98. The molecule has 1 heterocycles. The molecular weight excluding hydrogens is 392 g/mol. The van der Waals surface area contributed by atoms with Crippen molar-refractivity contribution in [1.82, 2.24) is 0 Å². The first-order valence-electron chi connectivity index (χ1n) is 9.97. The number of anilines is 2. The molecule has 26 heavy (non-hydrogen) atoms. The van der Waals surface area contributed by atoms with E-state index in [0.29, 0.717) is 0 Å². The Morgan fingerprint density at radius 1 is 1.08 bits per heavy atom. The molecule has 5 fully saturated rings. The van der Waals surface area contributed by atoms with Gasteiger partial charge in [-0.2, -0.15) is 0 Å². The van der Waals surface area contributed by atoms with Gasteiger partial charge in [-0.05, 0) is 74.6 Å². The van der Waals surface area contributed by atoms with Crippen LogP contribution in [-0.4, -0.2) is 36.5 Å². The summed E-state index contributed by atoms with van der Waals surface area (Å²) < 4.78 is 5.64. The number of rotatable bonds is 3. The summed E-state index contributed by atoms with van der Waals surface area (Å²) >= 11 is 4.00. The molecule has 4 aliphatic carbocycles. The van der Waals surface area contributed by atoms with Crippen molar-refractivity contribution in [2.45, 2.75) is 42.8 Å². The summed E-state index contributed by atoms with van der Waals surface area (Å²) in [6, 6.07) is 8.33. The van der Waals surface area contributed by atoms with Gasteiger partial charge in [0.15, 0.2) is 0 Å². The molecule has 2 atom stereocenters. The number of ether oxygens (including phenoxy) is 1. The minimum Gasteiger partial charge on any atom is -0.378 e. The zero-order valence-electron chi connectivity index (χ0n) is 15.2. The van der Waals surface area contributed by atoms with Crippen molar-refractivity contribution in [3.05, 3.63) is 24.3 Å². The van der Waals surface area contributed by atoms with Crippen molar-refractivity contribution >= 4 is 33.2 Å². The van der Waals surface area contributed by atoms with Crippen LogP contribution in [0.25, 0.3) is 0 Å². The number of hydrogen-bond donors (Lipinski definition) is 1. The maximum absolute atomic E-state index is 13.2. The van der Waals surface area contributed by atoms with Crippen LogP contribution in [0.15, 0.2) is 24.3 Å². The fourth-order valence-corrected chi connectivity index (χ4v) is 7.71. The molecule has 0 aromatic heterocycles. The molecule has 2 unspecified atom stereocenters. The minimum absolute atomic E-state index is 0.156. The molecule has 5 heteroatoms. The average Bonchev–Trinajstić information content (AvgIpc) is 2.61. The maximum atomic E-state index is 13.2. The number of nitrogens with zero attached hydrogens (tertiary/aromatic N) is 1. The third-order valence-electron chi connectivity index (χ3n) is 6.97. The zero-order valence-corrected chi connectivity index (χ0v) is 16.8. The number of hydrogen-bond acceptors (Lipinski definition) is 3. The van der Waals surface area contributed by atoms with Gasteiger partial charge in [-0.3, -0.25) is 4.79 Å². The highest BCUT2D eigenvalue weighted by Gasteiger charge is 2.59. The summed E-state index contributed by atoms with van der Waals surface area (Å²) in [6.07, 6.45) is 7.00. The summed E-state index contributed by atoms with van der Waals surface area (Å²) in [4.78, 5) is 15.6. The van der Waals surface area contributed by atoms with Crippen molar-refractivity contribution in [1.29, 1.82) is 0 Å². The smallest absolute Gasteiger partial charge is 0.230 e. The van der Waals surface area contributed by atoms with Crippen LogP contribution in [0.1, 0.15) is 38.5 Å². The first-order chi connectivity index (χ1) is 12.5. The molecule has 1 N–H and O–H groups in total. The topological polar surface area (TPSA) is 41.6 Å². The van der Waals surface area contributed by atoms with Crippen LogP contribution < -0.4 is 10.2 Å². The summed E-state index contributed by atoms with van der Waals surface area (Å²) in [5, 5.41) is 3.24. The van der Waals surface area contributed by atoms with E-state index >= 15 is 0 Å². The molecule has 0 spiro atoms. The van der Waals surface area contributed by atoms with Crippen molar-refractivity contribution in [2.24, 2.45) is 17.3 Å². The van der Waals surface area contributed by atoms with E-state index in [4.69, 9.17) is 4.74 Å². The quantitative estimate of drug-likeness (QED) is 0.747. The molecule has 4 bridgehead atoms. The van der Waals surface area contributed by atoms with Crippen molar-refractivity contribution in [2.75, 3.05) is 36.5 Å². The van der Waals surface area contributed by atoms with Crippen molar-refractivity contribution < 1.29 is 9.53 Å². The van der Waals surface area contributed by atoms with Gasteiger partial charge in [0.2, 0.25) is 5.91 Å². The number of halogens is 1. The first-order valence-corrected chi connectivity index (χ1v) is 10.8. The molecule has 4 nitrogen and oxygen atoms in total. The number of nitrogens with one attached hydrogen (secondary N) is 1. The average molecular weight is 419 g/mol. The SMILES string of the molecule is O=C(Nc1ccc(N2CCOCC2)cc1)C12CC3CC(CC(Br)(C3)C1)C2. The van der Waals surface area contributed by atoms with Gasteiger partial charge in [0.25, 0.3) is 0 Å². The number of benzene rings is 1. The predicted octanol–water partition coefficient (Wildman–Crippen LogP) is 4.20. The Bertz CT molecular complexity index is 684. The van der Waals surface area contributed by atoms with E-state index in [1.807, 2.05) is 12.1 Å². The molecule has 4 saturated carbocycles. The van der Waals surface area contributed by atoms with Gasteiger partial charge in [-0.1, -0.05) is 15.9 Å². The molecule has 0 radical (unpaired) electrons. The lowest BCUT2D eigenvalue weighted by atomic mass is 9.49. The lowest BCUT2D eigenvalue weighted by Gasteiger charge is -2.59. The van der Waals surface area contributed by atoms with Crippen LogP contribution in [0.4, 0.5) is 11.4 Å². The third kappa shape index (κ3) is 2.97. The van der Waals surface area contributed by atoms with Crippen LogP contribution >= 0.6 is 15.9 Å². The number of amides is 1. The molecule has 5 aliphatic rings. The highest BCUT2D eigenvalue weighted by atomic mass is 79.9. The van der Waals surface area contributed by atoms with Gasteiger partial charge in [0, 0.05) is 28.8 Å². The van der Waals surface area contributed by atoms with Gasteiger partial charge >= 0.3 is 0 Å². The summed E-state index contributed by atoms with van der Waals surface area (Å²) in [6.45, 7) is 3.45. The molecule has 1 aromatic carbocycles. The van der Waals surface area contributed by atoms with E-state index in [0.717, 1.165) is 63.1 Å². The highest BCUT2D eigenvalue weighted by Crippen LogP contribution is 2.64. The second-order valence-corrected chi connectivity index (χ2v) is 10.7. The normalized spacial score (nSPS) is 38.4. The third-order valence-corrected chi connectivity index (χ3v) is 7.90. The minimum atomic E-state index is -0.156. The van der Waals surface area contributed by atoms with Crippen molar-refractivity contribution in [3.8, 4) is 0 Å². The number of morpholine rings is 1. The van der Waals surface area contributed by atoms with E-state index in [9.17, 15) is 4.79 Å². The number of alkyl halides is 1. The van der Waals surface area contributed by atoms with E-state index in [1.54, 1.807) is 0 Å². The number of carbonyl (C=O) groups excluding carboxylic acids is 1. The Morgan fingerprint density at radius 3 is 2.35 bits per heavy atom. The van der Waals surface area contributed by atoms with Crippen LogP contribution in [0.2, 0.25) is 0 Å². The Hall–Kier alpha value is -1.07. The van der Waals surface area contributed by atoms with Gasteiger partial charge in [-0.15, -0.1) is 0 Å². The second-order valence-electron chi connectivity index (χ2n) is 8.99. The van der Waals surface area contributed by atoms with Crippen LogP contribution in [0.3, 0.4) is 0 Å². The molecule has 6 rings (SSSR count). The Morgan fingerprint density at radius 2 is 1.73 bits per heavy atom. The van der Waals surface area contributed by atoms with Gasteiger partial charge < -0.3 is 15.0 Å². The Balaban J connectivity index is 1.30. The summed E-state index contributed by atoms with van der Waals surface area (Å²) in [5.74, 6) is 1.70. The lowest BCUT2D eigenvalue weighted by molar-refractivity contribution is -0.138. The Labute approximate surface area is 163 Å². The largest absolute Gasteiger partial charge is 0.378 e. The summed E-state index contributed by atoms with van der Waals surface area (Å²) in [7, 11) is 0. The lowest BCUT2D eigenvalue weighted by Crippen LogP contribution is -2.57. The monoisotopic (exact) mass is 418 g/mol. The van der Waals surface area contributed by atoms with E-state index in [1.165, 1.54) is 24.9 Å². The van der Waals surface area contributed by atoms with Crippen LogP contribution in [0.5, 0.6) is 0 Å². The Kier molecular flexibility index (Phi) is 4.09.